The molecule has 34 heavy (non-hydrogen) atoms. The van der Waals surface area contributed by atoms with E-state index in [1.165, 1.54) is 0 Å². The Bertz CT molecular complexity index is 1110. The molecule has 0 aromatic heterocycles. The maximum absolute atomic E-state index is 13.1. The second-order valence-electron chi connectivity index (χ2n) is 7.51. The Morgan fingerprint density at radius 2 is 1.15 bits per heavy atom. The number of aliphatic hydroxyl groups is 3. The summed E-state index contributed by atoms with van der Waals surface area (Å²) in [5.74, 6) is -9.62. The number of ether oxygens (including phenoxy) is 3. The Labute approximate surface area is 188 Å². The average molecular weight is 482 g/mol. The molecule has 182 valence electrons. The number of esters is 2. The summed E-state index contributed by atoms with van der Waals surface area (Å²) in [7, 11) is 0. The van der Waals surface area contributed by atoms with Crippen molar-refractivity contribution >= 4 is 11.9 Å². The number of aliphatic hydroxyl groups excluding tert-OH is 3. The molecular formula is C20H18O14. The lowest BCUT2D eigenvalue weighted by atomic mass is 9.91. The maximum Gasteiger partial charge on any atom is 0.339 e. The number of rotatable bonds is 1. The lowest BCUT2D eigenvalue weighted by Crippen LogP contribution is -2.61. The van der Waals surface area contributed by atoms with Crippen LogP contribution in [-0.2, 0) is 14.2 Å². The minimum Gasteiger partial charge on any atom is -0.504 e. The van der Waals surface area contributed by atoms with Gasteiger partial charge in [0.2, 0.25) is 11.5 Å². The quantitative estimate of drug-likeness (QED) is 0.170. The summed E-state index contributed by atoms with van der Waals surface area (Å²) in [6.07, 6.45) is -9.06. The van der Waals surface area contributed by atoms with Gasteiger partial charge in [0, 0.05) is 11.1 Å². The normalized spacial score (nSPS) is 26.5. The lowest BCUT2D eigenvalue weighted by Gasteiger charge is -2.41. The minimum absolute atomic E-state index is 0.605. The summed E-state index contributed by atoms with van der Waals surface area (Å²) in [5, 5.41) is 90.7. The number of carbonyl (C=O) groups excluding carboxylic acids is 2. The van der Waals surface area contributed by atoms with E-state index in [1.807, 2.05) is 0 Å². The third-order valence-electron chi connectivity index (χ3n) is 5.50. The highest BCUT2D eigenvalue weighted by Crippen LogP contribution is 2.53. The van der Waals surface area contributed by atoms with Gasteiger partial charge in [0.25, 0.3) is 0 Å². The van der Waals surface area contributed by atoms with Crippen molar-refractivity contribution in [2.24, 2.45) is 0 Å². The van der Waals surface area contributed by atoms with Crippen molar-refractivity contribution < 1.29 is 69.8 Å². The molecule has 0 amide bonds. The first-order valence-electron chi connectivity index (χ1n) is 9.58. The van der Waals surface area contributed by atoms with Gasteiger partial charge in [0.05, 0.1) is 17.7 Å². The van der Waals surface area contributed by atoms with Crippen LogP contribution in [0.5, 0.6) is 34.5 Å². The smallest absolute Gasteiger partial charge is 0.339 e. The van der Waals surface area contributed by atoms with Crippen molar-refractivity contribution in [1.82, 2.24) is 0 Å². The Kier molecular flexibility index (Phi) is 5.53. The zero-order chi connectivity index (χ0) is 25.1. The van der Waals surface area contributed by atoms with Crippen molar-refractivity contribution in [3.63, 3.8) is 0 Å². The predicted molar refractivity (Wildman–Crippen MR) is 104 cm³/mol. The van der Waals surface area contributed by atoms with Gasteiger partial charge in [-0.05, 0) is 12.1 Å². The van der Waals surface area contributed by atoms with E-state index >= 15 is 0 Å². The monoisotopic (exact) mass is 482 g/mol. The largest absolute Gasteiger partial charge is 0.504 e. The second kappa shape index (κ2) is 8.11. The first-order chi connectivity index (χ1) is 16.0. The van der Waals surface area contributed by atoms with Crippen LogP contribution in [-0.4, -0.2) is 95.2 Å². The molecule has 14 nitrogen and oxygen atoms in total. The van der Waals surface area contributed by atoms with Crippen LogP contribution in [0, 0.1) is 0 Å². The van der Waals surface area contributed by atoms with Crippen LogP contribution >= 0.6 is 0 Å². The van der Waals surface area contributed by atoms with E-state index in [1.54, 1.807) is 0 Å². The number of phenols is 6. The van der Waals surface area contributed by atoms with Crippen molar-refractivity contribution in [3.05, 3.63) is 23.3 Å². The molecule has 0 saturated carbocycles. The topological polar surface area (TPSA) is 244 Å². The number of hydrogen-bond acceptors (Lipinski definition) is 14. The van der Waals surface area contributed by atoms with Gasteiger partial charge in [-0.2, -0.15) is 0 Å². The molecule has 0 radical (unpaired) electrons. The van der Waals surface area contributed by atoms with Crippen LogP contribution in [0.1, 0.15) is 20.7 Å². The fraction of sp³-hybridized carbons (Fsp3) is 0.300. The van der Waals surface area contributed by atoms with Gasteiger partial charge in [-0.25, -0.2) is 9.59 Å². The number of carbonyl (C=O) groups is 2. The first-order valence-corrected chi connectivity index (χ1v) is 9.58. The molecule has 2 aromatic rings. The number of phenolic OH excluding ortho intramolecular Hbond substituents is 6. The lowest BCUT2D eigenvalue weighted by molar-refractivity contribution is -0.285. The number of benzene rings is 2. The van der Waals surface area contributed by atoms with Crippen LogP contribution in [0.15, 0.2) is 12.1 Å². The van der Waals surface area contributed by atoms with E-state index in [0.29, 0.717) is 12.1 Å². The molecule has 0 aliphatic carbocycles. The standard InChI is InChI=1S/C20H18O14/c21-3-8-16-17(15(28)20(31)32-8)34-19(30)5-2-7(23)12(25)14(27)10(5)9-4(18(29)33-16)1-6(22)11(24)13(9)26/h1-2,8,15-17,20-28,31H,3H2/t8-,15-,16-,17-,20?/m1/s1. The second-order valence-corrected chi connectivity index (χ2v) is 7.51. The molecule has 5 atom stereocenters. The van der Waals surface area contributed by atoms with Gasteiger partial charge in [-0.15, -0.1) is 0 Å². The SMILES string of the molecule is O=C1O[C@H]2[C@H](OC(=O)c3cc(O)c(O)c(O)c3-c3c1cc(O)c(O)c3O)[C@@H](O)C(O)O[C@@H]2CO. The Hall–Kier alpha value is -3.98. The highest BCUT2D eigenvalue weighted by molar-refractivity contribution is 6.08. The van der Waals surface area contributed by atoms with E-state index in [4.69, 9.17) is 14.2 Å². The number of fused-ring (bicyclic) bond motifs is 4. The predicted octanol–water partition coefficient (Wildman–Crippen LogP) is -1.28. The molecule has 1 unspecified atom stereocenters. The molecule has 0 bridgehead atoms. The molecule has 14 heteroatoms. The number of aromatic hydroxyl groups is 6. The van der Waals surface area contributed by atoms with E-state index < -0.39 is 106 Å². The van der Waals surface area contributed by atoms with Crippen LogP contribution in [0.2, 0.25) is 0 Å². The average Bonchev–Trinajstić information content (AvgIpc) is 2.80. The highest BCUT2D eigenvalue weighted by Gasteiger charge is 2.50. The third-order valence-corrected chi connectivity index (χ3v) is 5.50. The molecular weight excluding hydrogens is 464 g/mol. The van der Waals surface area contributed by atoms with Crippen molar-refractivity contribution in [2.75, 3.05) is 6.61 Å². The Morgan fingerprint density at radius 3 is 1.59 bits per heavy atom. The molecule has 1 saturated heterocycles. The number of hydrogen-bond donors (Lipinski definition) is 9. The van der Waals surface area contributed by atoms with Gasteiger partial charge in [-0.1, -0.05) is 0 Å². The van der Waals surface area contributed by atoms with Crippen molar-refractivity contribution in [2.45, 2.75) is 30.7 Å². The van der Waals surface area contributed by atoms with E-state index in [9.17, 15) is 55.5 Å². The van der Waals surface area contributed by atoms with E-state index in [-0.39, 0.29) is 0 Å². The minimum atomic E-state index is -1.99. The molecule has 2 heterocycles. The van der Waals surface area contributed by atoms with Crippen molar-refractivity contribution in [3.8, 4) is 45.6 Å². The Balaban J connectivity index is 2.06. The fourth-order valence-corrected chi connectivity index (χ4v) is 3.82. The van der Waals surface area contributed by atoms with Gasteiger partial charge >= 0.3 is 11.9 Å². The van der Waals surface area contributed by atoms with Crippen LogP contribution < -0.4 is 0 Å². The van der Waals surface area contributed by atoms with E-state index in [2.05, 4.69) is 0 Å². The van der Waals surface area contributed by atoms with Gasteiger partial charge in [0.15, 0.2) is 41.5 Å². The van der Waals surface area contributed by atoms with Crippen LogP contribution in [0.3, 0.4) is 0 Å². The van der Waals surface area contributed by atoms with Gasteiger partial charge in [-0.3, -0.25) is 0 Å². The molecule has 2 aliphatic heterocycles. The van der Waals surface area contributed by atoms with E-state index in [0.717, 1.165) is 0 Å². The summed E-state index contributed by atoms with van der Waals surface area (Å²) in [4.78, 5) is 26.1. The summed E-state index contributed by atoms with van der Waals surface area (Å²) in [6.45, 7) is -0.874. The van der Waals surface area contributed by atoms with Crippen LogP contribution in [0.4, 0.5) is 0 Å². The van der Waals surface area contributed by atoms with Crippen molar-refractivity contribution in [1.29, 1.82) is 0 Å². The summed E-state index contributed by atoms with van der Waals surface area (Å²) < 4.78 is 15.4. The molecule has 2 aromatic carbocycles. The molecule has 0 spiro atoms. The summed E-state index contributed by atoms with van der Waals surface area (Å²) in [5.41, 5.74) is -3.12. The molecule has 1 fully saturated rings. The molecule has 4 rings (SSSR count). The maximum atomic E-state index is 13.1. The fourth-order valence-electron chi connectivity index (χ4n) is 3.82. The molecule has 9 N–H and O–H groups in total. The van der Waals surface area contributed by atoms with Gasteiger partial charge < -0.3 is 60.2 Å². The third kappa shape index (κ3) is 3.36. The molecule has 2 aliphatic rings. The summed E-state index contributed by atoms with van der Waals surface area (Å²) >= 11 is 0. The van der Waals surface area contributed by atoms with Gasteiger partial charge in [0.1, 0.15) is 12.2 Å². The first kappa shape index (κ1) is 23.2. The zero-order valence-electron chi connectivity index (χ0n) is 16.8. The zero-order valence-corrected chi connectivity index (χ0v) is 16.8. The van der Waals surface area contributed by atoms with Crippen LogP contribution in [0.25, 0.3) is 11.1 Å². The highest BCUT2D eigenvalue weighted by atomic mass is 16.7. The Morgan fingerprint density at radius 1 is 0.706 bits per heavy atom. The summed E-state index contributed by atoms with van der Waals surface area (Å²) in [6, 6.07) is 1.22.